The molecule has 0 saturated heterocycles. The summed E-state index contributed by atoms with van der Waals surface area (Å²) in [5, 5.41) is 0. The predicted molar refractivity (Wildman–Crippen MR) is 142 cm³/mol. The van der Waals surface area contributed by atoms with Crippen LogP contribution in [0.1, 0.15) is 47.1 Å². The molecule has 1 atom stereocenters. The van der Waals surface area contributed by atoms with E-state index in [9.17, 15) is 4.79 Å². The molecular weight excluding hydrogens is 468 g/mol. The summed E-state index contributed by atoms with van der Waals surface area (Å²) in [6.45, 7) is 6.95. The number of ether oxygens (including phenoxy) is 5. The maximum Gasteiger partial charge on any atom is 0.306 e. The van der Waals surface area contributed by atoms with Crippen LogP contribution in [0.15, 0.2) is 48.5 Å². The normalized spacial score (nSPS) is 15.3. The summed E-state index contributed by atoms with van der Waals surface area (Å²) >= 11 is 0. The van der Waals surface area contributed by atoms with Crippen molar-refractivity contribution in [2.75, 3.05) is 33.5 Å². The van der Waals surface area contributed by atoms with Gasteiger partial charge in [0.1, 0.15) is 30.5 Å². The van der Waals surface area contributed by atoms with Gasteiger partial charge in [0.2, 0.25) is 0 Å². The standard InChI is InChI=1S/C31H34O6/c1-4-34-11-12-35-26-13-20(2)31-23(15-26)8-7-22-6-5-21(14-28(22)31)18-36-25-9-10-27-24(16-30(32)33-3)19-37-29(27)17-25/h5-6,9-10,13-15,17,24H,4,7-8,11-12,16,18-19H2,1-3H3. The van der Waals surface area contributed by atoms with Crippen molar-refractivity contribution in [1.29, 1.82) is 0 Å². The Kier molecular flexibility index (Phi) is 7.65. The van der Waals surface area contributed by atoms with Crippen molar-refractivity contribution in [3.8, 4) is 28.4 Å². The molecule has 0 N–H and O–H groups in total. The second kappa shape index (κ2) is 11.3. The van der Waals surface area contributed by atoms with E-state index in [4.69, 9.17) is 23.7 Å². The fourth-order valence-corrected chi connectivity index (χ4v) is 5.25. The zero-order chi connectivity index (χ0) is 25.8. The first-order chi connectivity index (χ1) is 18.1. The summed E-state index contributed by atoms with van der Waals surface area (Å²) in [5.74, 6) is 2.24. The molecular formula is C31H34O6. The second-order valence-corrected chi connectivity index (χ2v) is 9.59. The van der Waals surface area contributed by atoms with Gasteiger partial charge in [0, 0.05) is 24.2 Å². The number of carbonyl (C=O) groups excluding carboxylic acids is 1. The largest absolute Gasteiger partial charge is 0.492 e. The average molecular weight is 503 g/mol. The highest BCUT2D eigenvalue weighted by atomic mass is 16.5. The van der Waals surface area contributed by atoms with E-state index in [-0.39, 0.29) is 11.9 Å². The minimum atomic E-state index is -0.226. The molecule has 0 radical (unpaired) electrons. The lowest BCUT2D eigenvalue weighted by atomic mass is 9.82. The third-order valence-electron chi connectivity index (χ3n) is 7.11. The molecule has 0 bridgehead atoms. The van der Waals surface area contributed by atoms with Gasteiger partial charge in [-0.1, -0.05) is 18.2 Å². The quantitative estimate of drug-likeness (QED) is 0.258. The molecule has 0 fully saturated rings. The summed E-state index contributed by atoms with van der Waals surface area (Å²) in [6, 6.07) is 16.8. The third-order valence-corrected chi connectivity index (χ3v) is 7.11. The van der Waals surface area contributed by atoms with Gasteiger partial charge in [0.15, 0.2) is 0 Å². The van der Waals surface area contributed by atoms with Crippen LogP contribution in [0, 0.1) is 6.92 Å². The molecule has 1 aliphatic heterocycles. The van der Waals surface area contributed by atoms with Gasteiger partial charge in [-0.05, 0) is 84.3 Å². The van der Waals surface area contributed by atoms with Crippen LogP contribution in [0.4, 0.5) is 0 Å². The van der Waals surface area contributed by atoms with Crippen molar-refractivity contribution in [3.63, 3.8) is 0 Å². The van der Waals surface area contributed by atoms with Crippen LogP contribution < -0.4 is 14.2 Å². The van der Waals surface area contributed by atoms with Crippen LogP contribution in [0.3, 0.4) is 0 Å². The summed E-state index contributed by atoms with van der Waals surface area (Å²) < 4.78 is 28.1. The van der Waals surface area contributed by atoms with Crippen molar-refractivity contribution < 1.29 is 28.5 Å². The molecule has 6 heteroatoms. The van der Waals surface area contributed by atoms with E-state index in [1.54, 1.807) is 0 Å². The number of benzene rings is 3. The Labute approximate surface area is 218 Å². The molecule has 194 valence electrons. The SMILES string of the molecule is CCOCCOc1cc(C)c2c(c1)CCc1ccc(COc3ccc4c(c3)OCC4CC(=O)OC)cc1-2. The first-order valence-corrected chi connectivity index (χ1v) is 13.0. The number of fused-ring (bicyclic) bond motifs is 4. The lowest BCUT2D eigenvalue weighted by Gasteiger charge is -2.24. The molecule has 6 nitrogen and oxygen atoms in total. The Hall–Kier alpha value is -3.51. The number of hydrogen-bond donors (Lipinski definition) is 0. The van der Waals surface area contributed by atoms with Gasteiger partial charge >= 0.3 is 5.97 Å². The highest BCUT2D eigenvalue weighted by molar-refractivity contribution is 5.77. The molecule has 3 aromatic rings. The van der Waals surface area contributed by atoms with Crippen molar-refractivity contribution in [3.05, 3.63) is 76.3 Å². The van der Waals surface area contributed by atoms with Gasteiger partial charge in [0.25, 0.3) is 0 Å². The minimum absolute atomic E-state index is 0.0241. The molecule has 0 aromatic heterocycles. The monoisotopic (exact) mass is 502 g/mol. The fraction of sp³-hybridized carbons (Fsp3) is 0.387. The van der Waals surface area contributed by atoms with Crippen molar-refractivity contribution in [2.24, 2.45) is 0 Å². The number of methoxy groups -OCH3 is 1. The Morgan fingerprint density at radius 2 is 1.84 bits per heavy atom. The van der Waals surface area contributed by atoms with E-state index in [0.29, 0.717) is 39.5 Å². The van der Waals surface area contributed by atoms with Gasteiger partial charge in [-0.15, -0.1) is 0 Å². The van der Waals surface area contributed by atoms with Gasteiger partial charge in [-0.2, -0.15) is 0 Å². The van der Waals surface area contributed by atoms with E-state index in [1.807, 2.05) is 25.1 Å². The molecule has 1 heterocycles. The zero-order valence-corrected chi connectivity index (χ0v) is 21.8. The number of hydrogen-bond acceptors (Lipinski definition) is 6. The van der Waals surface area contributed by atoms with Crippen molar-refractivity contribution in [1.82, 2.24) is 0 Å². The van der Waals surface area contributed by atoms with Crippen LogP contribution in [-0.4, -0.2) is 39.5 Å². The van der Waals surface area contributed by atoms with Gasteiger partial charge in [-0.25, -0.2) is 0 Å². The zero-order valence-electron chi connectivity index (χ0n) is 21.8. The average Bonchev–Trinajstić information content (AvgIpc) is 3.31. The number of carbonyl (C=O) groups is 1. The van der Waals surface area contributed by atoms with E-state index in [1.165, 1.54) is 34.9 Å². The van der Waals surface area contributed by atoms with Gasteiger partial charge < -0.3 is 23.7 Å². The molecule has 0 saturated carbocycles. The van der Waals surface area contributed by atoms with Crippen molar-refractivity contribution >= 4 is 5.97 Å². The molecule has 0 spiro atoms. The summed E-state index contributed by atoms with van der Waals surface area (Å²) in [4.78, 5) is 11.7. The third kappa shape index (κ3) is 5.59. The van der Waals surface area contributed by atoms with Crippen LogP contribution >= 0.6 is 0 Å². The highest BCUT2D eigenvalue weighted by Gasteiger charge is 2.27. The first kappa shape index (κ1) is 25.2. The molecule has 1 unspecified atom stereocenters. The summed E-state index contributed by atoms with van der Waals surface area (Å²) in [7, 11) is 1.41. The molecule has 3 aromatic carbocycles. The fourth-order valence-electron chi connectivity index (χ4n) is 5.25. The lowest BCUT2D eigenvalue weighted by Crippen LogP contribution is -2.10. The van der Waals surface area contributed by atoms with Crippen LogP contribution in [0.25, 0.3) is 11.1 Å². The molecule has 2 aliphatic rings. The second-order valence-electron chi connectivity index (χ2n) is 9.59. The van der Waals surface area contributed by atoms with Gasteiger partial charge in [0.05, 0.1) is 26.7 Å². The van der Waals surface area contributed by atoms with E-state index in [0.717, 1.165) is 41.2 Å². The number of rotatable bonds is 10. The Balaban J connectivity index is 1.28. The molecule has 5 rings (SSSR count). The van der Waals surface area contributed by atoms with Crippen LogP contribution in [0.2, 0.25) is 0 Å². The molecule has 0 amide bonds. The molecule has 37 heavy (non-hydrogen) atoms. The van der Waals surface area contributed by atoms with Gasteiger partial charge in [-0.3, -0.25) is 4.79 Å². The van der Waals surface area contributed by atoms with Crippen LogP contribution in [-0.2, 0) is 33.7 Å². The smallest absolute Gasteiger partial charge is 0.306 e. The first-order valence-electron chi connectivity index (χ1n) is 13.0. The van der Waals surface area contributed by atoms with E-state index < -0.39 is 0 Å². The summed E-state index contributed by atoms with van der Waals surface area (Å²) in [6.07, 6.45) is 2.34. The highest BCUT2D eigenvalue weighted by Crippen LogP contribution is 2.40. The number of aryl methyl sites for hydroxylation is 3. The van der Waals surface area contributed by atoms with Crippen LogP contribution in [0.5, 0.6) is 17.2 Å². The van der Waals surface area contributed by atoms with Crippen molar-refractivity contribution in [2.45, 2.75) is 45.6 Å². The summed E-state index contributed by atoms with van der Waals surface area (Å²) in [5.41, 5.74) is 8.65. The van der Waals surface area contributed by atoms with E-state index >= 15 is 0 Å². The maximum absolute atomic E-state index is 11.7. The van der Waals surface area contributed by atoms with E-state index in [2.05, 4.69) is 37.3 Å². The Morgan fingerprint density at radius 1 is 0.973 bits per heavy atom. The molecule has 1 aliphatic carbocycles. The number of esters is 1. The Morgan fingerprint density at radius 3 is 2.68 bits per heavy atom. The minimum Gasteiger partial charge on any atom is -0.492 e. The maximum atomic E-state index is 11.7. The Bertz CT molecular complexity index is 1280. The predicted octanol–water partition coefficient (Wildman–Crippen LogP) is 5.79. The lowest BCUT2D eigenvalue weighted by molar-refractivity contribution is -0.141. The topological polar surface area (TPSA) is 63.2 Å².